The minimum Gasteiger partial charge on any atom is -0.462 e. The topological polar surface area (TPSA) is 78.9 Å². The molecular weight excluding hydrogens is 769 g/mol. The second kappa shape index (κ2) is 50.4. The fourth-order valence-electron chi connectivity index (χ4n) is 8.57. The molecule has 0 amide bonds. The van der Waals surface area contributed by atoms with E-state index < -0.39 is 6.10 Å². The molecule has 6 nitrogen and oxygen atoms in total. The number of hydrogen-bond donors (Lipinski definition) is 0. The third kappa shape index (κ3) is 49.4. The molecule has 0 aliphatic carbocycles. The Bertz CT molecular complexity index is 933. The molecule has 0 rings (SSSR count). The van der Waals surface area contributed by atoms with Gasteiger partial charge < -0.3 is 14.2 Å². The zero-order chi connectivity index (χ0) is 45.2. The molecular formula is C56H108O6. The highest BCUT2D eigenvalue weighted by Gasteiger charge is 2.19. The first kappa shape index (κ1) is 60.4. The number of esters is 3. The molecule has 0 aliphatic heterocycles. The zero-order valence-electron chi connectivity index (χ0n) is 42.3. The molecule has 0 fully saturated rings. The van der Waals surface area contributed by atoms with Gasteiger partial charge in [0.15, 0.2) is 6.10 Å². The van der Waals surface area contributed by atoms with Gasteiger partial charge in [0.1, 0.15) is 13.2 Å². The third-order valence-corrected chi connectivity index (χ3v) is 12.8. The SMILES string of the molecule is CCCCCCCCCCCCCCCCCCCCC(=O)O[C@@H](COC(=O)CCCCCCCCCCCCCC)COC(=O)CCCCCCCCCCCCCC(C)C. The molecule has 6 heteroatoms. The fraction of sp³-hybridized carbons (Fsp3) is 0.946. The van der Waals surface area contributed by atoms with E-state index in [2.05, 4.69) is 27.7 Å². The van der Waals surface area contributed by atoms with Crippen LogP contribution in [0.25, 0.3) is 0 Å². The first-order chi connectivity index (χ1) is 30.4. The number of unbranched alkanes of at least 4 members (excludes halogenated alkanes) is 38. The Morgan fingerprint density at radius 3 is 0.790 bits per heavy atom. The van der Waals surface area contributed by atoms with E-state index in [9.17, 15) is 14.4 Å². The van der Waals surface area contributed by atoms with Crippen molar-refractivity contribution in [2.45, 2.75) is 323 Å². The molecule has 0 bridgehead atoms. The smallest absolute Gasteiger partial charge is 0.306 e. The van der Waals surface area contributed by atoms with Crippen LogP contribution in [-0.2, 0) is 28.6 Å². The first-order valence-corrected chi connectivity index (χ1v) is 27.9. The molecule has 0 saturated heterocycles. The van der Waals surface area contributed by atoms with Crippen LogP contribution in [0.5, 0.6) is 0 Å². The minimum atomic E-state index is -0.761. The summed E-state index contributed by atoms with van der Waals surface area (Å²) < 4.78 is 16.9. The summed E-state index contributed by atoms with van der Waals surface area (Å²) in [6.07, 6.45) is 53.7. The monoisotopic (exact) mass is 877 g/mol. The normalized spacial score (nSPS) is 12.0. The lowest BCUT2D eigenvalue weighted by Gasteiger charge is -2.18. The van der Waals surface area contributed by atoms with Crippen molar-refractivity contribution in [1.29, 1.82) is 0 Å². The van der Waals surface area contributed by atoms with E-state index in [-0.39, 0.29) is 31.1 Å². The number of hydrogen-bond acceptors (Lipinski definition) is 6. The van der Waals surface area contributed by atoms with Gasteiger partial charge in [0.05, 0.1) is 0 Å². The summed E-state index contributed by atoms with van der Waals surface area (Å²) in [5, 5.41) is 0. The molecule has 1 atom stereocenters. The summed E-state index contributed by atoms with van der Waals surface area (Å²) in [7, 11) is 0. The summed E-state index contributed by atoms with van der Waals surface area (Å²) in [5.41, 5.74) is 0. The van der Waals surface area contributed by atoms with Crippen LogP contribution in [0.1, 0.15) is 317 Å². The Morgan fingerprint density at radius 1 is 0.306 bits per heavy atom. The molecule has 0 aromatic heterocycles. The minimum absolute atomic E-state index is 0.0623. The second-order valence-corrected chi connectivity index (χ2v) is 19.7. The highest BCUT2D eigenvalue weighted by atomic mass is 16.6. The molecule has 0 aromatic carbocycles. The number of rotatable bonds is 51. The van der Waals surface area contributed by atoms with Gasteiger partial charge in [-0.25, -0.2) is 0 Å². The lowest BCUT2D eigenvalue weighted by atomic mass is 10.0. The van der Waals surface area contributed by atoms with Crippen molar-refractivity contribution in [2.24, 2.45) is 5.92 Å². The summed E-state index contributed by atoms with van der Waals surface area (Å²) in [4.78, 5) is 38.0. The van der Waals surface area contributed by atoms with E-state index in [0.29, 0.717) is 19.3 Å². The number of carbonyl (C=O) groups is 3. The van der Waals surface area contributed by atoms with Crippen LogP contribution >= 0.6 is 0 Å². The van der Waals surface area contributed by atoms with Crippen molar-refractivity contribution in [3.05, 3.63) is 0 Å². The van der Waals surface area contributed by atoms with Gasteiger partial charge in [-0.15, -0.1) is 0 Å². The fourth-order valence-corrected chi connectivity index (χ4v) is 8.57. The van der Waals surface area contributed by atoms with Crippen molar-refractivity contribution < 1.29 is 28.6 Å². The average Bonchev–Trinajstić information content (AvgIpc) is 3.26. The van der Waals surface area contributed by atoms with Crippen molar-refractivity contribution in [1.82, 2.24) is 0 Å². The average molecular weight is 877 g/mol. The van der Waals surface area contributed by atoms with E-state index in [1.165, 1.54) is 212 Å². The van der Waals surface area contributed by atoms with Crippen molar-refractivity contribution >= 4 is 17.9 Å². The summed E-state index contributed by atoms with van der Waals surface area (Å²) >= 11 is 0. The van der Waals surface area contributed by atoms with Crippen LogP contribution in [0.2, 0.25) is 0 Å². The van der Waals surface area contributed by atoms with Gasteiger partial charge >= 0.3 is 17.9 Å². The van der Waals surface area contributed by atoms with Gasteiger partial charge in [0.25, 0.3) is 0 Å². The molecule has 0 aliphatic rings. The predicted octanol–water partition coefficient (Wildman–Crippen LogP) is 18.2. The Morgan fingerprint density at radius 2 is 0.532 bits per heavy atom. The first-order valence-electron chi connectivity index (χ1n) is 27.9. The Balaban J connectivity index is 4.28. The van der Waals surface area contributed by atoms with Crippen LogP contribution in [0.15, 0.2) is 0 Å². The van der Waals surface area contributed by atoms with Gasteiger partial charge in [-0.05, 0) is 25.2 Å². The quantitative estimate of drug-likeness (QED) is 0.0344. The lowest BCUT2D eigenvalue weighted by molar-refractivity contribution is -0.167. The van der Waals surface area contributed by atoms with Crippen LogP contribution in [-0.4, -0.2) is 37.2 Å². The van der Waals surface area contributed by atoms with Gasteiger partial charge in [0, 0.05) is 19.3 Å². The summed E-state index contributed by atoms with van der Waals surface area (Å²) in [5.74, 6) is -0.0123. The van der Waals surface area contributed by atoms with Crippen molar-refractivity contribution in [2.75, 3.05) is 13.2 Å². The standard InChI is InChI=1S/C56H108O6/c1-5-7-9-11-13-15-17-19-20-21-22-23-24-28-33-37-41-45-49-56(59)62-53(50-60-54(57)47-43-39-35-31-27-18-16-14-12-10-8-6-2)51-61-55(58)48-44-40-36-32-29-25-26-30-34-38-42-46-52(3)4/h52-53H,5-51H2,1-4H3/t53-/m0/s1. The molecule has 368 valence electrons. The third-order valence-electron chi connectivity index (χ3n) is 12.8. The molecule has 0 saturated carbocycles. The maximum atomic E-state index is 12.8. The van der Waals surface area contributed by atoms with Crippen molar-refractivity contribution in [3.63, 3.8) is 0 Å². The van der Waals surface area contributed by atoms with Crippen LogP contribution in [0.3, 0.4) is 0 Å². The maximum Gasteiger partial charge on any atom is 0.306 e. The van der Waals surface area contributed by atoms with E-state index in [4.69, 9.17) is 14.2 Å². The Kier molecular flexibility index (Phi) is 49.1. The molecule has 0 radical (unpaired) electrons. The van der Waals surface area contributed by atoms with Crippen LogP contribution in [0, 0.1) is 5.92 Å². The largest absolute Gasteiger partial charge is 0.462 e. The predicted molar refractivity (Wildman–Crippen MR) is 266 cm³/mol. The van der Waals surface area contributed by atoms with Crippen molar-refractivity contribution in [3.8, 4) is 0 Å². The maximum absolute atomic E-state index is 12.8. The van der Waals surface area contributed by atoms with Gasteiger partial charge in [-0.2, -0.15) is 0 Å². The van der Waals surface area contributed by atoms with Gasteiger partial charge in [0.2, 0.25) is 0 Å². The molecule has 0 unspecified atom stereocenters. The number of ether oxygens (including phenoxy) is 3. The molecule has 62 heavy (non-hydrogen) atoms. The van der Waals surface area contributed by atoms with E-state index in [1.807, 2.05) is 0 Å². The van der Waals surface area contributed by atoms with Crippen LogP contribution in [0.4, 0.5) is 0 Å². The Hall–Kier alpha value is -1.59. The highest BCUT2D eigenvalue weighted by molar-refractivity contribution is 5.71. The summed E-state index contributed by atoms with van der Waals surface area (Å²) in [6.45, 7) is 9.04. The van der Waals surface area contributed by atoms with Gasteiger partial charge in [-0.1, -0.05) is 278 Å². The molecule has 0 aromatic rings. The highest BCUT2D eigenvalue weighted by Crippen LogP contribution is 2.18. The van der Waals surface area contributed by atoms with Crippen LogP contribution < -0.4 is 0 Å². The Labute approximate surface area is 387 Å². The summed E-state index contributed by atoms with van der Waals surface area (Å²) in [6, 6.07) is 0. The second-order valence-electron chi connectivity index (χ2n) is 19.7. The van der Waals surface area contributed by atoms with E-state index >= 15 is 0 Å². The van der Waals surface area contributed by atoms with E-state index in [0.717, 1.165) is 63.7 Å². The lowest BCUT2D eigenvalue weighted by Crippen LogP contribution is -2.30. The zero-order valence-corrected chi connectivity index (χ0v) is 42.3. The molecule has 0 heterocycles. The molecule has 0 spiro atoms. The molecule has 0 N–H and O–H groups in total. The van der Waals surface area contributed by atoms with Gasteiger partial charge in [-0.3, -0.25) is 14.4 Å². The number of carbonyl (C=O) groups excluding carboxylic acids is 3. The van der Waals surface area contributed by atoms with E-state index in [1.54, 1.807) is 0 Å².